The fraction of sp³-hybridized carbons (Fsp3) is 0.120. The first-order valence-corrected chi connectivity index (χ1v) is 11.9. The van der Waals surface area contributed by atoms with Gasteiger partial charge in [0, 0.05) is 11.8 Å². The number of hydrogen-bond donors (Lipinski definition) is 1. The number of carbonyl (C=O) groups is 1. The molecule has 9 nitrogen and oxygen atoms in total. The van der Waals surface area contributed by atoms with E-state index in [0.717, 1.165) is 11.3 Å². The Labute approximate surface area is 203 Å². The topological polar surface area (TPSA) is 99.8 Å². The number of benzene rings is 3. The third-order valence-corrected chi connectivity index (χ3v) is 6.67. The van der Waals surface area contributed by atoms with Crippen LogP contribution in [0.1, 0.15) is 5.56 Å². The van der Waals surface area contributed by atoms with Crippen molar-refractivity contribution in [3.05, 3.63) is 82.6 Å². The third-order valence-electron chi connectivity index (χ3n) is 5.74. The molecule has 5 aromatic rings. The van der Waals surface area contributed by atoms with Crippen molar-refractivity contribution in [1.29, 1.82) is 0 Å². The van der Waals surface area contributed by atoms with Gasteiger partial charge in [-0.3, -0.25) is 14.0 Å². The van der Waals surface area contributed by atoms with Crippen LogP contribution in [0.3, 0.4) is 0 Å². The second-order valence-electron chi connectivity index (χ2n) is 7.97. The van der Waals surface area contributed by atoms with Crippen molar-refractivity contribution in [3.8, 4) is 17.2 Å². The van der Waals surface area contributed by atoms with E-state index >= 15 is 0 Å². The summed E-state index contributed by atoms with van der Waals surface area (Å²) in [6, 6.07) is 20.2. The van der Waals surface area contributed by atoms with Crippen LogP contribution in [0.4, 0.5) is 5.69 Å². The number of aryl methyl sites for hydroxylation is 1. The highest BCUT2D eigenvalue weighted by Gasteiger charge is 2.20. The number of rotatable bonds is 5. The van der Waals surface area contributed by atoms with Gasteiger partial charge >= 0.3 is 0 Å². The molecule has 0 atom stereocenters. The number of amides is 1. The first-order chi connectivity index (χ1) is 17.1. The van der Waals surface area contributed by atoms with Gasteiger partial charge in [0.1, 0.15) is 0 Å². The highest BCUT2D eigenvalue weighted by Crippen LogP contribution is 2.34. The quantitative estimate of drug-likeness (QED) is 0.378. The van der Waals surface area contributed by atoms with E-state index < -0.39 is 0 Å². The molecule has 0 aliphatic carbocycles. The molecule has 2 aromatic heterocycles. The van der Waals surface area contributed by atoms with Gasteiger partial charge in [-0.2, -0.15) is 0 Å². The van der Waals surface area contributed by atoms with Crippen molar-refractivity contribution >= 4 is 40.0 Å². The Balaban J connectivity index is 1.36. The highest BCUT2D eigenvalue weighted by atomic mass is 32.2. The number of hydrogen-bond acceptors (Lipinski definition) is 7. The van der Waals surface area contributed by atoms with Gasteiger partial charge < -0.3 is 14.8 Å². The minimum absolute atomic E-state index is 0.104. The second kappa shape index (κ2) is 8.48. The van der Waals surface area contributed by atoms with Crippen LogP contribution >= 0.6 is 11.8 Å². The maximum atomic E-state index is 13.4. The Morgan fingerprint density at radius 3 is 2.71 bits per heavy atom. The van der Waals surface area contributed by atoms with E-state index in [1.54, 1.807) is 28.8 Å². The molecule has 0 saturated carbocycles. The number of aromatic nitrogens is 4. The summed E-state index contributed by atoms with van der Waals surface area (Å²) in [7, 11) is 0. The average molecular weight is 486 g/mol. The SMILES string of the molecule is Cc1ccccc1-n1c(=O)c2ccccc2n2c(SCC(=O)Nc3ccc4c(c3)OCO4)nnc12. The molecule has 0 bridgehead atoms. The normalized spacial score (nSPS) is 12.4. The molecule has 174 valence electrons. The number of para-hydroxylation sites is 2. The Kier molecular flexibility index (Phi) is 5.14. The molecule has 35 heavy (non-hydrogen) atoms. The summed E-state index contributed by atoms with van der Waals surface area (Å²) in [5, 5.41) is 12.6. The van der Waals surface area contributed by atoms with Crippen LogP contribution in [0, 0.1) is 6.92 Å². The van der Waals surface area contributed by atoms with Gasteiger partial charge in [-0.1, -0.05) is 42.1 Å². The van der Waals surface area contributed by atoms with Gasteiger partial charge in [-0.05, 0) is 42.8 Å². The lowest BCUT2D eigenvalue weighted by Gasteiger charge is -2.13. The monoisotopic (exact) mass is 485 g/mol. The van der Waals surface area contributed by atoms with E-state index in [-0.39, 0.29) is 24.0 Å². The molecule has 1 aliphatic rings. The van der Waals surface area contributed by atoms with Gasteiger partial charge in [0.05, 0.1) is 22.3 Å². The number of thioether (sulfide) groups is 1. The molecule has 3 heterocycles. The molecule has 1 N–H and O–H groups in total. The second-order valence-corrected chi connectivity index (χ2v) is 8.91. The summed E-state index contributed by atoms with van der Waals surface area (Å²) >= 11 is 1.24. The molecular formula is C25H19N5O4S. The van der Waals surface area contributed by atoms with Crippen molar-refractivity contribution in [2.75, 3.05) is 17.9 Å². The van der Waals surface area contributed by atoms with E-state index in [1.165, 1.54) is 11.8 Å². The van der Waals surface area contributed by atoms with Gasteiger partial charge in [-0.15, -0.1) is 10.2 Å². The predicted molar refractivity (Wildman–Crippen MR) is 133 cm³/mol. The van der Waals surface area contributed by atoms with Crippen molar-refractivity contribution in [2.45, 2.75) is 12.1 Å². The standard InChI is InChI=1S/C25H19N5O4S/c1-15-6-2-4-8-18(15)29-23(32)17-7-3-5-9-19(17)30-24(29)27-28-25(30)35-13-22(31)26-16-10-11-20-21(12-16)34-14-33-20/h2-12H,13-14H2,1H3,(H,26,31). The minimum Gasteiger partial charge on any atom is -0.454 e. The average Bonchev–Trinajstić information content (AvgIpc) is 3.51. The maximum Gasteiger partial charge on any atom is 0.267 e. The van der Waals surface area contributed by atoms with E-state index in [2.05, 4.69) is 15.5 Å². The molecule has 1 aliphatic heterocycles. The number of nitrogens with zero attached hydrogens (tertiary/aromatic N) is 4. The van der Waals surface area contributed by atoms with Crippen molar-refractivity contribution in [2.24, 2.45) is 0 Å². The molecule has 10 heteroatoms. The lowest BCUT2D eigenvalue weighted by molar-refractivity contribution is -0.113. The Hall–Kier alpha value is -4.31. The molecule has 0 saturated heterocycles. The largest absolute Gasteiger partial charge is 0.454 e. The van der Waals surface area contributed by atoms with Crippen molar-refractivity contribution in [3.63, 3.8) is 0 Å². The summed E-state index contributed by atoms with van der Waals surface area (Å²) in [6.07, 6.45) is 0. The van der Waals surface area contributed by atoms with Crippen LogP contribution in [0.5, 0.6) is 11.5 Å². The van der Waals surface area contributed by atoms with Gasteiger partial charge in [0.2, 0.25) is 18.5 Å². The summed E-state index contributed by atoms with van der Waals surface area (Å²) in [4.78, 5) is 26.1. The molecule has 1 amide bonds. The predicted octanol–water partition coefficient (Wildman–Crippen LogP) is 3.80. The summed E-state index contributed by atoms with van der Waals surface area (Å²) in [6.45, 7) is 2.12. The number of fused-ring (bicyclic) bond motifs is 4. The van der Waals surface area contributed by atoms with Crippen LogP contribution < -0.4 is 20.3 Å². The third kappa shape index (κ3) is 3.68. The van der Waals surface area contributed by atoms with Crippen LogP contribution in [0.2, 0.25) is 0 Å². The first kappa shape index (κ1) is 21.2. The maximum absolute atomic E-state index is 13.4. The van der Waals surface area contributed by atoms with Crippen molar-refractivity contribution < 1.29 is 14.3 Å². The molecule has 3 aromatic carbocycles. The molecule has 0 spiro atoms. The summed E-state index contributed by atoms with van der Waals surface area (Å²) in [5.41, 5.74) is 2.79. The molecule has 0 unspecified atom stereocenters. The summed E-state index contributed by atoms with van der Waals surface area (Å²) < 4.78 is 14.1. The van der Waals surface area contributed by atoms with Gasteiger partial charge in [0.25, 0.3) is 5.56 Å². The fourth-order valence-corrected chi connectivity index (χ4v) is 4.85. The van der Waals surface area contributed by atoms with Crippen LogP contribution in [-0.4, -0.2) is 37.6 Å². The van der Waals surface area contributed by atoms with E-state index in [9.17, 15) is 9.59 Å². The van der Waals surface area contributed by atoms with E-state index in [0.29, 0.717) is 39.0 Å². The highest BCUT2D eigenvalue weighted by molar-refractivity contribution is 7.99. The Morgan fingerprint density at radius 1 is 1.03 bits per heavy atom. The number of nitrogens with one attached hydrogen (secondary N) is 1. The molecule has 0 radical (unpaired) electrons. The molecule has 0 fully saturated rings. The van der Waals surface area contributed by atoms with Gasteiger partial charge in [-0.25, -0.2) is 4.57 Å². The Morgan fingerprint density at radius 2 is 1.83 bits per heavy atom. The number of carbonyl (C=O) groups excluding carboxylic acids is 1. The first-order valence-electron chi connectivity index (χ1n) is 10.9. The molecule has 6 rings (SSSR count). The zero-order valence-corrected chi connectivity index (χ0v) is 19.4. The number of anilines is 1. The zero-order valence-electron chi connectivity index (χ0n) is 18.6. The van der Waals surface area contributed by atoms with E-state index in [4.69, 9.17) is 9.47 Å². The van der Waals surface area contributed by atoms with E-state index in [1.807, 2.05) is 53.8 Å². The Bertz CT molecular complexity index is 1680. The van der Waals surface area contributed by atoms with Crippen LogP contribution in [0.15, 0.2) is 76.7 Å². The zero-order chi connectivity index (χ0) is 23.9. The lowest BCUT2D eigenvalue weighted by atomic mass is 10.2. The van der Waals surface area contributed by atoms with Gasteiger partial charge in [0.15, 0.2) is 16.7 Å². The smallest absolute Gasteiger partial charge is 0.267 e. The van der Waals surface area contributed by atoms with Crippen LogP contribution in [-0.2, 0) is 4.79 Å². The summed E-state index contributed by atoms with van der Waals surface area (Å²) in [5.74, 6) is 1.54. The fourth-order valence-electron chi connectivity index (χ4n) is 4.11. The number of ether oxygens (including phenoxy) is 2. The lowest BCUT2D eigenvalue weighted by Crippen LogP contribution is -2.22. The van der Waals surface area contributed by atoms with Crippen molar-refractivity contribution in [1.82, 2.24) is 19.2 Å². The molecular weight excluding hydrogens is 466 g/mol. The minimum atomic E-state index is -0.206. The van der Waals surface area contributed by atoms with Crippen LogP contribution in [0.25, 0.3) is 22.4 Å².